The third kappa shape index (κ3) is 3.72. The van der Waals surface area contributed by atoms with E-state index in [-0.39, 0.29) is 12.5 Å². The molecule has 26 heavy (non-hydrogen) atoms. The average Bonchev–Trinajstić information content (AvgIpc) is 3.08. The second-order valence-corrected chi connectivity index (χ2v) is 5.21. The van der Waals surface area contributed by atoms with Gasteiger partial charge in [0, 0.05) is 11.8 Å². The lowest BCUT2D eigenvalue weighted by molar-refractivity contribution is -0.121. The highest BCUT2D eigenvalue weighted by atomic mass is 16.7. The van der Waals surface area contributed by atoms with Crippen LogP contribution < -0.4 is 14.9 Å². The first-order valence-corrected chi connectivity index (χ1v) is 7.61. The number of esters is 1. The lowest BCUT2D eigenvalue weighted by Crippen LogP contribution is -2.26. The van der Waals surface area contributed by atoms with E-state index in [4.69, 9.17) is 9.57 Å². The van der Waals surface area contributed by atoms with Crippen LogP contribution in [0.25, 0.3) is 11.0 Å². The van der Waals surface area contributed by atoms with Crippen molar-refractivity contribution in [1.29, 1.82) is 0 Å². The number of nitrogens with zero attached hydrogens (tertiary/aromatic N) is 3. The summed E-state index contributed by atoms with van der Waals surface area (Å²) >= 11 is 0. The predicted molar refractivity (Wildman–Crippen MR) is 91.9 cm³/mol. The number of anilines is 1. The van der Waals surface area contributed by atoms with Gasteiger partial charge in [-0.2, -0.15) is 0 Å². The molecule has 0 saturated heterocycles. The van der Waals surface area contributed by atoms with Crippen molar-refractivity contribution in [1.82, 2.24) is 15.2 Å². The first-order chi connectivity index (χ1) is 12.6. The van der Waals surface area contributed by atoms with Crippen LogP contribution in [0.4, 0.5) is 5.69 Å². The molecule has 2 aromatic carbocycles. The van der Waals surface area contributed by atoms with Crippen molar-refractivity contribution in [2.24, 2.45) is 0 Å². The highest BCUT2D eigenvalue weighted by molar-refractivity contribution is 5.93. The smallest absolute Gasteiger partial charge is 0.337 e. The number of carbonyl (C=O) groups is 2. The van der Waals surface area contributed by atoms with Crippen LogP contribution in [0.15, 0.2) is 42.5 Å². The van der Waals surface area contributed by atoms with Gasteiger partial charge in [0.05, 0.1) is 19.8 Å². The Morgan fingerprint density at radius 3 is 2.77 bits per heavy atom. The number of ether oxygens (including phenoxy) is 2. The summed E-state index contributed by atoms with van der Waals surface area (Å²) in [5, 5.41) is 10.4. The van der Waals surface area contributed by atoms with Crippen molar-refractivity contribution in [3.05, 3.63) is 48.0 Å². The van der Waals surface area contributed by atoms with Crippen LogP contribution in [0.3, 0.4) is 0 Å². The molecule has 0 aliphatic carbocycles. The number of nitrogens with one attached hydrogen (secondary N) is 1. The zero-order valence-electron chi connectivity index (χ0n) is 14.1. The molecule has 9 nitrogen and oxygen atoms in total. The van der Waals surface area contributed by atoms with E-state index in [1.807, 2.05) is 0 Å². The fourth-order valence-corrected chi connectivity index (χ4v) is 2.26. The lowest BCUT2D eigenvalue weighted by atomic mass is 10.2. The molecule has 1 amide bonds. The monoisotopic (exact) mass is 356 g/mol. The van der Waals surface area contributed by atoms with E-state index in [0.717, 1.165) is 4.85 Å². The van der Waals surface area contributed by atoms with Crippen LogP contribution >= 0.6 is 0 Å². The van der Waals surface area contributed by atoms with Crippen molar-refractivity contribution in [2.45, 2.75) is 0 Å². The number of hydrogen-bond donors (Lipinski definition) is 1. The van der Waals surface area contributed by atoms with Gasteiger partial charge in [-0.3, -0.25) is 4.79 Å². The number of rotatable bonds is 6. The van der Waals surface area contributed by atoms with E-state index in [1.54, 1.807) is 43.5 Å². The van der Waals surface area contributed by atoms with Gasteiger partial charge in [-0.25, -0.2) is 4.79 Å². The molecule has 1 heterocycles. The minimum Gasteiger partial charge on any atom is -0.497 e. The summed E-state index contributed by atoms with van der Waals surface area (Å²) in [6.45, 7) is -0.294. The molecule has 134 valence electrons. The van der Waals surface area contributed by atoms with E-state index in [1.165, 1.54) is 13.2 Å². The molecular weight excluding hydrogens is 340 g/mol. The number of hydrogen-bond acceptors (Lipinski definition) is 7. The molecule has 0 spiro atoms. The molecule has 0 radical (unpaired) electrons. The van der Waals surface area contributed by atoms with Gasteiger partial charge in [-0.15, -0.1) is 5.10 Å². The third-order valence-corrected chi connectivity index (χ3v) is 3.51. The van der Waals surface area contributed by atoms with E-state index in [9.17, 15) is 9.59 Å². The summed E-state index contributed by atoms with van der Waals surface area (Å²) in [6, 6.07) is 11.7. The minimum absolute atomic E-state index is 0.294. The molecule has 0 fully saturated rings. The highest BCUT2D eigenvalue weighted by Gasteiger charge is 2.12. The second-order valence-electron chi connectivity index (χ2n) is 5.21. The number of aromatic nitrogens is 3. The van der Waals surface area contributed by atoms with Crippen LogP contribution in [-0.4, -0.2) is 47.9 Å². The number of fused-ring (bicyclic) bond motifs is 1. The summed E-state index contributed by atoms with van der Waals surface area (Å²) < 4.78 is 9.78. The van der Waals surface area contributed by atoms with Crippen molar-refractivity contribution in [3.8, 4) is 5.75 Å². The summed E-state index contributed by atoms with van der Waals surface area (Å²) in [6.07, 6.45) is 0. The van der Waals surface area contributed by atoms with Gasteiger partial charge >= 0.3 is 5.97 Å². The molecule has 0 unspecified atom stereocenters. The first kappa shape index (κ1) is 17.2. The van der Waals surface area contributed by atoms with E-state index in [0.29, 0.717) is 28.0 Å². The quantitative estimate of drug-likeness (QED) is 0.664. The van der Waals surface area contributed by atoms with Gasteiger partial charge in [-0.1, -0.05) is 10.9 Å². The summed E-state index contributed by atoms with van der Waals surface area (Å²) in [5.74, 6) is -0.247. The molecule has 0 saturated carbocycles. The van der Waals surface area contributed by atoms with Gasteiger partial charge in [-0.05, 0) is 35.5 Å². The van der Waals surface area contributed by atoms with Crippen molar-refractivity contribution in [2.75, 3.05) is 26.1 Å². The fraction of sp³-hybridized carbons (Fsp3) is 0.176. The molecule has 1 N–H and O–H groups in total. The molecule has 3 rings (SSSR count). The number of amides is 1. The largest absolute Gasteiger partial charge is 0.497 e. The zero-order chi connectivity index (χ0) is 18.5. The summed E-state index contributed by atoms with van der Waals surface area (Å²) in [5.41, 5.74) is 1.87. The van der Waals surface area contributed by atoms with Gasteiger partial charge in [0.15, 0.2) is 6.61 Å². The zero-order valence-corrected chi connectivity index (χ0v) is 14.1. The standard InChI is InChI=1S/C17H16N4O5/c1-24-13-5-3-4-12(9-13)18-16(22)10-26-21-15-8-11(17(23)25-2)6-7-14(15)19-20-21/h3-9H,10H2,1-2H3,(H,18,22). The summed E-state index contributed by atoms with van der Waals surface area (Å²) in [7, 11) is 2.84. The first-order valence-electron chi connectivity index (χ1n) is 7.61. The molecule has 0 bridgehead atoms. The highest BCUT2D eigenvalue weighted by Crippen LogP contribution is 2.16. The Kier molecular flexibility index (Phi) is 4.97. The maximum absolute atomic E-state index is 12.1. The fourth-order valence-electron chi connectivity index (χ4n) is 2.26. The third-order valence-electron chi connectivity index (χ3n) is 3.51. The van der Waals surface area contributed by atoms with Gasteiger partial charge in [0.1, 0.15) is 16.8 Å². The topological polar surface area (TPSA) is 105 Å². The van der Waals surface area contributed by atoms with Crippen LogP contribution in [-0.2, 0) is 9.53 Å². The Balaban J connectivity index is 1.68. The van der Waals surface area contributed by atoms with Gasteiger partial charge < -0.3 is 19.6 Å². The van der Waals surface area contributed by atoms with Crippen molar-refractivity contribution < 1.29 is 23.9 Å². The Morgan fingerprint density at radius 1 is 1.15 bits per heavy atom. The predicted octanol–water partition coefficient (Wildman–Crippen LogP) is 1.29. The Morgan fingerprint density at radius 2 is 2.00 bits per heavy atom. The van der Waals surface area contributed by atoms with Gasteiger partial charge in [0.25, 0.3) is 5.91 Å². The lowest BCUT2D eigenvalue weighted by Gasteiger charge is -2.08. The molecule has 3 aromatic rings. The summed E-state index contributed by atoms with van der Waals surface area (Å²) in [4.78, 5) is 30.1. The number of benzene rings is 2. The van der Waals surface area contributed by atoms with Crippen molar-refractivity contribution in [3.63, 3.8) is 0 Å². The van der Waals surface area contributed by atoms with Crippen LogP contribution in [0, 0.1) is 0 Å². The van der Waals surface area contributed by atoms with E-state index < -0.39 is 5.97 Å². The van der Waals surface area contributed by atoms with E-state index in [2.05, 4.69) is 20.4 Å². The molecule has 0 aliphatic rings. The minimum atomic E-state index is -0.490. The van der Waals surface area contributed by atoms with Crippen molar-refractivity contribution >= 4 is 28.6 Å². The molecular formula is C17H16N4O5. The van der Waals surface area contributed by atoms with Gasteiger partial charge in [0.2, 0.25) is 0 Å². The molecule has 0 aliphatic heterocycles. The molecule has 9 heteroatoms. The maximum Gasteiger partial charge on any atom is 0.337 e. The SMILES string of the molecule is COC(=O)c1ccc2nnn(OCC(=O)Nc3cccc(OC)c3)c2c1. The normalized spacial score (nSPS) is 10.4. The van der Waals surface area contributed by atoms with Crippen LogP contribution in [0.1, 0.15) is 10.4 Å². The maximum atomic E-state index is 12.1. The molecule has 1 aromatic heterocycles. The van der Waals surface area contributed by atoms with E-state index >= 15 is 0 Å². The molecule has 0 atom stereocenters. The number of carbonyl (C=O) groups excluding carboxylic acids is 2. The Labute approximate surface area is 148 Å². The average molecular weight is 356 g/mol. The van der Waals surface area contributed by atoms with Crippen LogP contribution in [0.5, 0.6) is 5.75 Å². The number of methoxy groups -OCH3 is 2. The Bertz CT molecular complexity index is 953. The Hall–Kier alpha value is -3.62. The van der Waals surface area contributed by atoms with Crippen LogP contribution in [0.2, 0.25) is 0 Å². The second kappa shape index (κ2) is 7.51.